The summed E-state index contributed by atoms with van der Waals surface area (Å²) in [4.78, 5) is 44.8. The van der Waals surface area contributed by atoms with Crippen molar-refractivity contribution >= 4 is 18.1 Å². The van der Waals surface area contributed by atoms with E-state index in [4.69, 9.17) is 9.47 Å². The van der Waals surface area contributed by atoms with Crippen molar-refractivity contribution in [3.05, 3.63) is 65.7 Å². The van der Waals surface area contributed by atoms with Gasteiger partial charge in [0.25, 0.3) is 0 Å². The Balaban J connectivity index is 2.03. The van der Waals surface area contributed by atoms with Crippen LogP contribution in [0.25, 0.3) is 0 Å². The fourth-order valence-electron chi connectivity index (χ4n) is 1.83. The molecule has 7 nitrogen and oxygen atoms in total. The van der Waals surface area contributed by atoms with Crippen LogP contribution in [-0.2, 0) is 14.5 Å². The molecule has 0 spiro atoms. The first kappa shape index (κ1) is 19.0. The summed E-state index contributed by atoms with van der Waals surface area (Å²) in [5.41, 5.74) is -0.629. The van der Waals surface area contributed by atoms with E-state index in [9.17, 15) is 14.4 Å². The maximum absolute atomic E-state index is 12.1. The van der Waals surface area contributed by atoms with E-state index < -0.39 is 23.7 Å². The second kappa shape index (κ2) is 8.15. The minimum atomic E-state index is -0.992. The molecule has 0 bridgehead atoms. The number of benzene rings is 2. The van der Waals surface area contributed by atoms with Crippen molar-refractivity contribution in [1.82, 2.24) is 0 Å². The summed E-state index contributed by atoms with van der Waals surface area (Å²) in [5, 5.41) is 0. The van der Waals surface area contributed by atoms with Crippen LogP contribution in [0.5, 0.6) is 5.75 Å². The van der Waals surface area contributed by atoms with Gasteiger partial charge in [0.1, 0.15) is 16.9 Å². The molecular formula is C19H18O7. The number of hydrogen-bond acceptors (Lipinski definition) is 7. The predicted molar refractivity (Wildman–Crippen MR) is 90.6 cm³/mol. The van der Waals surface area contributed by atoms with E-state index in [0.29, 0.717) is 0 Å². The molecule has 0 N–H and O–H groups in total. The first-order valence-electron chi connectivity index (χ1n) is 7.74. The Hall–Kier alpha value is -3.35. The van der Waals surface area contributed by atoms with E-state index in [1.165, 1.54) is 30.3 Å². The molecule has 0 aromatic heterocycles. The van der Waals surface area contributed by atoms with Crippen molar-refractivity contribution in [2.75, 3.05) is 0 Å². The van der Waals surface area contributed by atoms with Crippen LogP contribution in [0.2, 0.25) is 0 Å². The largest absolute Gasteiger partial charge is 0.514 e. The van der Waals surface area contributed by atoms with Gasteiger partial charge >= 0.3 is 18.1 Å². The SMILES string of the molecule is CC(C)(C)OC(=O)Oc1ccccc1C(=O)OOC(=O)c1ccccc1. The second-order valence-corrected chi connectivity index (χ2v) is 6.17. The van der Waals surface area contributed by atoms with E-state index in [-0.39, 0.29) is 16.9 Å². The smallest absolute Gasteiger partial charge is 0.428 e. The number of ether oxygens (including phenoxy) is 2. The topological polar surface area (TPSA) is 88.1 Å². The van der Waals surface area contributed by atoms with Crippen molar-refractivity contribution in [3.63, 3.8) is 0 Å². The Labute approximate surface area is 150 Å². The van der Waals surface area contributed by atoms with Gasteiger partial charge in [-0.1, -0.05) is 30.3 Å². The number of rotatable bonds is 3. The maximum Gasteiger partial charge on any atom is 0.514 e. The molecule has 2 rings (SSSR count). The lowest BCUT2D eigenvalue weighted by Gasteiger charge is -2.19. The standard InChI is InChI=1S/C19H18O7/c1-19(2,3)24-18(22)23-15-12-8-7-11-14(15)17(21)26-25-16(20)13-9-5-4-6-10-13/h4-12H,1-3H3. The van der Waals surface area contributed by atoms with Crippen LogP contribution in [0.3, 0.4) is 0 Å². The van der Waals surface area contributed by atoms with Crippen LogP contribution >= 0.6 is 0 Å². The molecule has 0 aliphatic rings. The van der Waals surface area contributed by atoms with Gasteiger partial charge < -0.3 is 9.47 Å². The molecule has 0 unspecified atom stereocenters. The molecule has 26 heavy (non-hydrogen) atoms. The average Bonchev–Trinajstić information content (AvgIpc) is 2.59. The highest BCUT2D eigenvalue weighted by Gasteiger charge is 2.22. The molecule has 0 aliphatic heterocycles. The lowest BCUT2D eigenvalue weighted by Crippen LogP contribution is -2.26. The molecule has 0 aliphatic carbocycles. The van der Waals surface area contributed by atoms with E-state index >= 15 is 0 Å². The van der Waals surface area contributed by atoms with Crippen LogP contribution in [0.1, 0.15) is 41.5 Å². The number of carbonyl (C=O) groups excluding carboxylic acids is 3. The van der Waals surface area contributed by atoms with Gasteiger partial charge in [0.15, 0.2) is 0 Å². The van der Waals surface area contributed by atoms with Gasteiger partial charge in [-0.3, -0.25) is 0 Å². The third-order valence-electron chi connectivity index (χ3n) is 2.89. The molecule has 0 saturated heterocycles. The van der Waals surface area contributed by atoms with E-state index in [0.717, 1.165) is 0 Å². The molecule has 136 valence electrons. The quantitative estimate of drug-likeness (QED) is 0.355. The molecule has 7 heteroatoms. The van der Waals surface area contributed by atoms with Gasteiger partial charge in [0, 0.05) is 0 Å². The lowest BCUT2D eigenvalue weighted by molar-refractivity contribution is -0.187. The van der Waals surface area contributed by atoms with Gasteiger partial charge in [-0.25, -0.2) is 24.2 Å². The minimum Gasteiger partial charge on any atom is -0.428 e. The summed E-state index contributed by atoms with van der Waals surface area (Å²) in [7, 11) is 0. The van der Waals surface area contributed by atoms with Gasteiger partial charge in [0.2, 0.25) is 0 Å². The molecule has 0 saturated carbocycles. The molecule has 0 heterocycles. The van der Waals surface area contributed by atoms with Crippen LogP contribution < -0.4 is 4.74 Å². The highest BCUT2D eigenvalue weighted by Crippen LogP contribution is 2.21. The van der Waals surface area contributed by atoms with Crippen molar-refractivity contribution in [2.24, 2.45) is 0 Å². The lowest BCUT2D eigenvalue weighted by atomic mass is 10.2. The normalized spacial score (nSPS) is 10.6. The molecule has 0 amide bonds. The summed E-state index contributed by atoms with van der Waals surface area (Å²) in [6.07, 6.45) is -0.973. The Morgan fingerprint density at radius 3 is 2.00 bits per heavy atom. The van der Waals surface area contributed by atoms with E-state index in [1.54, 1.807) is 45.0 Å². The first-order chi connectivity index (χ1) is 12.3. The Morgan fingerprint density at radius 1 is 0.769 bits per heavy atom. The van der Waals surface area contributed by atoms with Crippen LogP contribution in [0, 0.1) is 0 Å². The van der Waals surface area contributed by atoms with Crippen LogP contribution in [0.15, 0.2) is 54.6 Å². The zero-order valence-electron chi connectivity index (χ0n) is 14.6. The van der Waals surface area contributed by atoms with Gasteiger partial charge in [-0.15, -0.1) is 0 Å². The van der Waals surface area contributed by atoms with Crippen molar-refractivity contribution in [2.45, 2.75) is 26.4 Å². The van der Waals surface area contributed by atoms with E-state index in [2.05, 4.69) is 9.78 Å². The molecule has 0 radical (unpaired) electrons. The zero-order valence-corrected chi connectivity index (χ0v) is 14.6. The zero-order chi connectivity index (χ0) is 19.2. The third-order valence-corrected chi connectivity index (χ3v) is 2.89. The first-order valence-corrected chi connectivity index (χ1v) is 7.74. The minimum absolute atomic E-state index is 0.0810. The predicted octanol–water partition coefficient (Wildman–Crippen LogP) is 3.93. The second-order valence-electron chi connectivity index (χ2n) is 6.17. The maximum atomic E-state index is 12.1. The van der Waals surface area contributed by atoms with Crippen molar-refractivity contribution < 1.29 is 33.6 Å². The number of hydrogen-bond donors (Lipinski definition) is 0. The van der Waals surface area contributed by atoms with Crippen molar-refractivity contribution in [3.8, 4) is 5.75 Å². The Bertz CT molecular complexity index is 791. The summed E-state index contributed by atoms with van der Waals surface area (Å²) in [6.45, 7) is 5.03. The van der Waals surface area contributed by atoms with Gasteiger partial charge in [-0.2, -0.15) is 0 Å². The summed E-state index contributed by atoms with van der Waals surface area (Å²) >= 11 is 0. The molecular weight excluding hydrogens is 340 g/mol. The summed E-state index contributed by atoms with van der Waals surface area (Å²) in [5.74, 6) is -1.90. The monoisotopic (exact) mass is 358 g/mol. The van der Waals surface area contributed by atoms with Gasteiger partial charge in [0.05, 0.1) is 5.56 Å². The fraction of sp³-hybridized carbons (Fsp3) is 0.211. The summed E-state index contributed by atoms with van der Waals surface area (Å²) < 4.78 is 10.1. The van der Waals surface area contributed by atoms with Crippen molar-refractivity contribution in [1.29, 1.82) is 0 Å². The summed E-state index contributed by atoms with van der Waals surface area (Å²) in [6, 6.07) is 13.9. The highest BCUT2D eigenvalue weighted by molar-refractivity contribution is 5.94. The molecule has 0 fully saturated rings. The van der Waals surface area contributed by atoms with Gasteiger partial charge in [-0.05, 0) is 45.0 Å². The number of carbonyl (C=O) groups is 3. The van der Waals surface area contributed by atoms with Crippen LogP contribution in [-0.4, -0.2) is 23.7 Å². The highest BCUT2D eigenvalue weighted by atomic mass is 17.2. The van der Waals surface area contributed by atoms with E-state index in [1.807, 2.05) is 0 Å². The Kier molecular flexibility index (Phi) is 5.95. The fourth-order valence-corrected chi connectivity index (χ4v) is 1.83. The average molecular weight is 358 g/mol. The molecule has 2 aromatic carbocycles. The number of para-hydroxylation sites is 1. The molecule has 0 atom stereocenters. The third kappa shape index (κ3) is 5.62. The van der Waals surface area contributed by atoms with Crippen LogP contribution in [0.4, 0.5) is 4.79 Å². The molecule has 2 aromatic rings. The Morgan fingerprint density at radius 2 is 1.35 bits per heavy atom.